The van der Waals surface area contributed by atoms with Crippen LogP contribution in [0.1, 0.15) is 19.3 Å². The predicted octanol–water partition coefficient (Wildman–Crippen LogP) is 0.459. The molecule has 2 rings (SSSR count). The summed E-state index contributed by atoms with van der Waals surface area (Å²) in [5, 5.41) is 3.41. The first-order valence-corrected chi connectivity index (χ1v) is 5.38. The average Bonchev–Trinajstić information content (AvgIpc) is 2.71. The average molecular weight is 184 g/mol. The summed E-state index contributed by atoms with van der Waals surface area (Å²) in [5.41, 5.74) is 0. The Morgan fingerprint density at radius 1 is 1.31 bits per heavy atom. The van der Waals surface area contributed by atoms with Crippen LogP contribution in [0.5, 0.6) is 0 Å². The summed E-state index contributed by atoms with van der Waals surface area (Å²) in [6.45, 7) is 4.25. The lowest BCUT2D eigenvalue weighted by molar-refractivity contribution is 0.0150. The number of nitrogens with zero attached hydrogens (tertiary/aromatic N) is 1. The van der Waals surface area contributed by atoms with Crippen molar-refractivity contribution in [1.29, 1.82) is 0 Å². The van der Waals surface area contributed by atoms with E-state index in [9.17, 15) is 0 Å². The van der Waals surface area contributed by atoms with Gasteiger partial charge in [0.25, 0.3) is 0 Å². The van der Waals surface area contributed by atoms with Crippen LogP contribution in [0.25, 0.3) is 0 Å². The van der Waals surface area contributed by atoms with Gasteiger partial charge in [0.1, 0.15) is 0 Å². The van der Waals surface area contributed by atoms with Crippen molar-refractivity contribution in [3.05, 3.63) is 0 Å². The zero-order valence-electron chi connectivity index (χ0n) is 8.46. The fourth-order valence-electron chi connectivity index (χ4n) is 2.33. The quantitative estimate of drug-likeness (QED) is 0.675. The molecule has 76 valence electrons. The van der Waals surface area contributed by atoms with Crippen molar-refractivity contribution in [3.8, 4) is 0 Å². The van der Waals surface area contributed by atoms with Gasteiger partial charge in [-0.15, -0.1) is 0 Å². The molecule has 13 heavy (non-hydrogen) atoms. The highest BCUT2D eigenvalue weighted by atomic mass is 16.5. The maximum absolute atomic E-state index is 5.50. The minimum absolute atomic E-state index is 0.665. The third-order valence-corrected chi connectivity index (χ3v) is 3.32. The first-order chi connectivity index (χ1) is 6.38. The lowest BCUT2D eigenvalue weighted by Gasteiger charge is -2.34. The third kappa shape index (κ3) is 2.22. The van der Waals surface area contributed by atoms with E-state index in [1.807, 2.05) is 0 Å². The van der Waals surface area contributed by atoms with E-state index in [1.165, 1.54) is 25.8 Å². The highest BCUT2D eigenvalue weighted by molar-refractivity contribution is 4.83. The van der Waals surface area contributed by atoms with Gasteiger partial charge in [-0.2, -0.15) is 0 Å². The Balaban J connectivity index is 1.83. The molecule has 0 aromatic heterocycles. The Labute approximate surface area is 80.4 Å². The van der Waals surface area contributed by atoms with E-state index in [0.717, 1.165) is 25.8 Å². The largest absolute Gasteiger partial charge is 0.380 e. The van der Waals surface area contributed by atoms with E-state index in [0.29, 0.717) is 6.04 Å². The van der Waals surface area contributed by atoms with E-state index >= 15 is 0 Å². The highest BCUT2D eigenvalue weighted by Crippen LogP contribution is 2.17. The number of ether oxygens (including phenoxy) is 1. The van der Waals surface area contributed by atoms with E-state index < -0.39 is 0 Å². The Kier molecular flexibility index (Phi) is 3.19. The van der Waals surface area contributed by atoms with Gasteiger partial charge < -0.3 is 10.1 Å². The Morgan fingerprint density at radius 2 is 2.23 bits per heavy atom. The molecule has 0 aromatic carbocycles. The lowest BCUT2D eigenvalue weighted by Crippen LogP contribution is -2.45. The van der Waals surface area contributed by atoms with Crippen molar-refractivity contribution in [2.24, 2.45) is 0 Å². The second-order valence-corrected chi connectivity index (χ2v) is 4.18. The smallest absolute Gasteiger partial charge is 0.0621 e. The Bertz CT molecular complexity index is 151. The predicted molar refractivity (Wildman–Crippen MR) is 52.9 cm³/mol. The van der Waals surface area contributed by atoms with Crippen LogP contribution in [0.15, 0.2) is 0 Å². The van der Waals surface area contributed by atoms with Crippen molar-refractivity contribution < 1.29 is 4.74 Å². The molecular formula is C10H20N2O. The van der Waals surface area contributed by atoms with Crippen molar-refractivity contribution in [1.82, 2.24) is 10.2 Å². The molecule has 0 bridgehead atoms. The first-order valence-electron chi connectivity index (χ1n) is 5.38. The van der Waals surface area contributed by atoms with Crippen LogP contribution >= 0.6 is 0 Å². The second kappa shape index (κ2) is 4.40. The molecule has 2 heterocycles. The maximum atomic E-state index is 5.50. The molecule has 2 atom stereocenters. The van der Waals surface area contributed by atoms with Crippen molar-refractivity contribution in [3.63, 3.8) is 0 Å². The lowest BCUT2D eigenvalue weighted by atomic mass is 10.1. The Morgan fingerprint density at radius 3 is 2.85 bits per heavy atom. The van der Waals surface area contributed by atoms with E-state index in [-0.39, 0.29) is 0 Å². The zero-order chi connectivity index (χ0) is 9.10. The molecule has 0 aliphatic carbocycles. The number of rotatable bonds is 2. The van der Waals surface area contributed by atoms with Crippen molar-refractivity contribution >= 4 is 0 Å². The van der Waals surface area contributed by atoms with Crippen molar-refractivity contribution in [2.75, 3.05) is 33.4 Å². The Hall–Kier alpha value is -0.120. The third-order valence-electron chi connectivity index (χ3n) is 3.32. The summed E-state index contributed by atoms with van der Waals surface area (Å²) >= 11 is 0. The first kappa shape index (κ1) is 9.44. The van der Waals surface area contributed by atoms with Crippen LogP contribution in [0.4, 0.5) is 0 Å². The molecular weight excluding hydrogens is 164 g/mol. The number of nitrogens with one attached hydrogen (secondary N) is 1. The molecule has 0 aromatic rings. The van der Waals surface area contributed by atoms with Gasteiger partial charge in [0, 0.05) is 25.2 Å². The summed E-state index contributed by atoms with van der Waals surface area (Å²) in [7, 11) is 2.25. The molecule has 2 fully saturated rings. The van der Waals surface area contributed by atoms with Crippen LogP contribution in [-0.2, 0) is 4.74 Å². The summed E-state index contributed by atoms with van der Waals surface area (Å²) in [5.74, 6) is 0. The fraction of sp³-hybridized carbons (Fsp3) is 1.00. The van der Waals surface area contributed by atoms with Gasteiger partial charge in [-0.3, -0.25) is 4.90 Å². The SMILES string of the molecule is CN(C1CCNC1)C1CCCOC1. The van der Waals surface area contributed by atoms with Crippen LogP contribution in [0.3, 0.4) is 0 Å². The van der Waals surface area contributed by atoms with Crippen LogP contribution < -0.4 is 5.32 Å². The zero-order valence-corrected chi connectivity index (χ0v) is 8.46. The molecule has 0 radical (unpaired) electrons. The monoisotopic (exact) mass is 184 g/mol. The maximum Gasteiger partial charge on any atom is 0.0621 e. The van der Waals surface area contributed by atoms with Crippen LogP contribution in [0.2, 0.25) is 0 Å². The van der Waals surface area contributed by atoms with Crippen LogP contribution in [-0.4, -0.2) is 50.3 Å². The molecule has 0 saturated carbocycles. The molecule has 1 N–H and O–H groups in total. The number of hydrogen-bond acceptors (Lipinski definition) is 3. The molecule has 0 amide bonds. The van der Waals surface area contributed by atoms with Gasteiger partial charge in [0.15, 0.2) is 0 Å². The minimum atomic E-state index is 0.665. The highest BCUT2D eigenvalue weighted by Gasteiger charge is 2.26. The van der Waals surface area contributed by atoms with Gasteiger partial charge in [-0.25, -0.2) is 0 Å². The standard InChI is InChI=1S/C10H20N2O/c1-12(9-4-5-11-7-9)10-3-2-6-13-8-10/h9-11H,2-8H2,1H3. The van der Waals surface area contributed by atoms with Gasteiger partial charge in [0.05, 0.1) is 6.61 Å². The van der Waals surface area contributed by atoms with Gasteiger partial charge in [-0.05, 0) is 32.9 Å². The molecule has 2 aliphatic heterocycles. The summed E-state index contributed by atoms with van der Waals surface area (Å²) in [6, 6.07) is 1.41. The van der Waals surface area contributed by atoms with E-state index in [1.54, 1.807) is 0 Å². The topological polar surface area (TPSA) is 24.5 Å². The van der Waals surface area contributed by atoms with Crippen molar-refractivity contribution in [2.45, 2.75) is 31.3 Å². The fourth-order valence-corrected chi connectivity index (χ4v) is 2.33. The van der Waals surface area contributed by atoms with Gasteiger partial charge in [0.2, 0.25) is 0 Å². The van der Waals surface area contributed by atoms with E-state index in [4.69, 9.17) is 4.74 Å². The van der Waals surface area contributed by atoms with E-state index in [2.05, 4.69) is 17.3 Å². The molecule has 2 saturated heterocycles. The molecule has 2 unspecified atom stereocenters. The minimum Gasteiger partial charge on any atom is -0.380 e. The summed E-state index contributed by atoms with van der Waals surface area (Å²) in [4.78, 5) is 2.51. The molecule has 2 aliphatic rings. The van der Waals surface area contributed by atoms with Gasteiger partial charge >= 0.3 is 0 Å². The summed E-state index contributed by atoms with van der Waals surface area (Å²) in [6.07, 6.45) is 3.84. The molecule has 3 heteroatoms. The van der Waals surface area contributed by atoms with Gasteiger partial charge in [-0.1, -0.05) is 0 Å². The van der Waals surface area contributed by atoms with Crippen LogP contribution in [0, 0.1) is 0 Å². The second-order valence-electron chi connectivity index (χ2n) is 4.18. The number of likely N-dealkylation sites (N-methyl/N-ethyl adjacent to an activating group) is 1. The molecule has 0 spiro atoms. The molecule has 3 nitrogen and oxygen atoms in total. The number of hydrogen-bond donors (Lipinski definition) is 1. The normalized spacial score (nSPS) is 35.5. The summed E-state index contributed by atoms with van der Waals surface area (Å²) < 4.78 is 5.50.